The maximum atomic E-state index is 11.8. The number of aliphatic carboxylic acids is 1. The van der Waals surface area contributed by atoms with Crippen LogP contribution < -0.4 is 4.74 Å². The van der Waals surface area contributed by atoms with Crippen molar-refractivity contribution in [2.75, 3.05) is 13.2 Å². The Labute approximate surface area is 157 Å². The average Bonchev–Trinajstić information content (AvgIpc) is 2.93. The molecule has 6 heteroatoms. The van der Waals surface area contributed by atoms with Crippen LogP contribution >= 0.6 is 23.2 Å². The monoisotopic (exact) mass is 381 g/mol. The number of rotatable bonds is 3. The zero-order valence-electron chi connectivity index (χ0n) is 13.9. The minimum Gasteiger partial charge on any atom is -0.487 e. The second-order valence-corrected chi connectivity index (χ2v) is 8.11. The van der Waals surface area contributed by atoms with Crippen molar-refractivity contribution in [3.8, 4) is 5.75 Å². The summed E-state index contributed by atoms with van der Waals surface area (Å²) in [6.45, 7) is 1.07. The van der Waals surface area contributed by atoms with Crippen molar-refractivity contribution in [2.45, 2.75) is 44.2 Å². The van der Waals surface area contributed by atoms with Crippen molar-refractivity contribution >= 4 is 35.2 Å². The third-order valence-electron chi connectivity index (χ3n) is 5.69. The molecule has 0 spiro atoms. The summed E-state index contributed by atoms with van der Waals surface area (Å²) in [5.74, 6) is 0.455. The smallest absolute Gasteiger partial charge is 0.320 e. The Morgan fingerprint density at radius 1 is 1.28 bits per heavy atom. The summed E-state index contributed by atoms with van der Waals surface area (Å²) in [6, 6.07) is 3.50. The zero-order chi connectivity index (χ0) is 17.6. The number of halogens is 2. The highest BCUT2D eigenvalue weighted by molar-refractivity contribution is 6.36. The molecule has 0 radical (unpaired) electrons. The van der Waals surface area contributed by atoms with E-state index < -0.39 is 12.0 Å². The molecular weight excluding hydrogens is 361 g/mol. The van der Waals surface area contributed by atoms with E-state index >= 15 is 0 Å². The fraction of sp³-hybridized carbons (Fsp3) is 0.526. The van der Waals surface area contributed by atoms with Crippen LogP contribution in [0.1, 0.15) is 37.7 Å². The topological polar surface area (TPSA) is 49.8 Å². The van der Waals surface area contributed by atoms with E-state index in [1.807, 2.05) is 12.1 Å². The molecule has 0 aromatic heterocycles. The second-order valence-electron chi connectivity index (χ2n) is 7.27. The third-order valence-corrected chi connectivity index (χ3v) is 6.19. The molecule has 25 heavy (non-hydrogen) atoms. The summed E-state index contributed by atoms with van der Waals surface area (Å²) in [5.41, 5.74) is 1.94. The normalized spacial score (nSPS) is 28.7. The molecule has 3 aliphatic rings. The molecule has 1 aromatic carbocycles. The molecule has 2 fully saturated rings. The minimum atomic E-state index is -0.710. The molecular formula is C19H21Cl2NO3. The van der Waals surface area contributed by atoms with E-state index in [1.54, 1.807) is 6.07 Å². The fourth-order valence-corrected chi connectivity index (χ4v) is 5.18. The summed E-state index contributed by atoms with van der Waals surface area (Å²) in [6.07, 6.45) is 7.46. The van der Waals surface area contributed by atoms with E-state index in [0.717, 1.165) is 30.4 Å². The number of benzene rings is 1. The average molecular weight is 382 g/mol. The van der Waals surface area contributed by atoms with Gasteiger partial charge in [-0.1, -0.05) is 36.0 Å². The summed E-state index contributed by atoms with van der Waals surface area (Å²) in [5, 5.41) is 10.7. The molecule has 134 valence electrons. The van der Waals surface area contributed by atoms with E-state index in [4.69, 9.17) is 27.9 Å². The molecule has 3 atom stereocenters. The van der Waals surface area contributed by atoms with E-state index in [0.29, 0.717) is 40.9 Å². The molecule has 2 heterocycles. The van der Waals surface area contributed by atoms with Gasteiger partial charge in [0.15, 0.2) is 0 Å². The van der Waals surface area contributed by atoms with Gasteiger partial charge in [-0.15, -0.1) is 0 Å². The van der Waals surface area contributed by atoms with Crippen LogP contribution in [0, 0.1) is 5.92 Å². The molecule has 4 rings (SSSR count). The first kappa shape index (κ1) is 17.2. The SMILES string of the molecule is O=C(O)C1CC2CCCCC2N1CC1=Cc2cc(Cl)cc(Cl)c2OC1. The fourth-order valence-electron chi connectivity index (χ4n) is 4.62. The minimum absolute atomic E-state index is 0.375. The highest BCUT2D eigenvalue weighted by Gasteiger charge is 2.45. The number of likely N-dealkylation sites (tertiary alicyclic amines) is 1. The van der Waals surface area contributed by atoms with Crippen LogP contribution in [0.2, 0.25) is 10.0 Å². The number of hydrogen-bond acceptors (Lipinski definition) is 3. The van der Waals surface area contributed by atoms with E-state index in [-0.39, 0.29) is 0 Å². The van der Waals surface area contributed by atoms with Crippen molar-refractivity contribution < 1.29 is 14.6 Å². The third kappa shape index (κ3) is 3.27. The lowest BCUT2D eigenvalue weighted by Crippen LogP contribution is -2.43. The summed E-state index contributed by atoms with van der Waals surface area (Å²) < 4.78 is 5.83. The Bertz CT molecular complexity index is 734. The predicted octanol–water partition coefficient (Wildman–Crippen LogP) is 4.49. The van der Waals surface area contributed by atoms with Gasteiger partial charge in [-0.05, 0) is 49.0 Å². The number of fused-ring (bicyclic) bond motifs is 2. The standard InChI is InChI=1S/C19H21Cl2NO3/c20-14-6-13-5-11(10-25-18(13)15(21)8-14)9-22-16-4-2-1-3-12(16)7-17(22)19(23)24/h5-6,8,12,16-17H,1-4,7,9-10H2,(H,23,24). The van der Waals surface area contributed by atoms with Gasteiger partial charge in [0.05, 0.1) is 5.02 Å². The Morgan fingerprint density at radius 2 is 2.08 bits per heavy atom. The summed E-state index contributed by atoms with van der Waals surface area (Å²) >= 11 is 12.3. The molecule has 1 aliphatic carbocycles. The van der Waals surface area contributed by atoms with Crippen molar-refractivity contribution in [3.63, 3.8) is 0 Å². The van der Waals surface area contributed by atoms with Crippen molar-refractivity contribution in [1.82, 2.24) is 4.90 Å². The van der Waals surface area contributed by atoms with E-state index in [1.165, 1.54) is 12.8 Å². The number of carbonyl (C=O) groups is 1. The first-order chi connectivity index (χ1) is 12.0. The van der Waals surface area contributed by atoms with Crippen LogP contribution in [-0.2, 0) is 4.79 Å². The molecule has 0 bridgehead atoms. The number of nitrogens with zero attached hydrogens (tertiary/aromatic N) is 1. The first-order valence-corrected chi connectivity index (χ1v) is 9.58. The van der Waals surface area contributed by atoms with Crippen LogP contribution in [0.15, 0.2) is 17.7 Å². The molecule has 1 saturated carbocycles. The van der Waals surface area contributed by atoms with Crippen molar-refractivity contribution in [3.05, 3.63) is 33.3 Å². The highest BCUT2D eigenvalue weighted by atomic mass is 35.5. The van der Waals surface area contributed by atoms with Crippen LogP contribution in [-0.4, -0.2) is 41.2 Å². The van der Waals surface area contributed by atoms with E-state index in [9.17, 15) is 9.90 Å². The maximum absolute atomic E-state index is 11.8. The Hall–Kier alpha value is -1.23. The molecule has 0 amide bonds. The highest BCUT2D eigenvalue weighted by Crippen LogP contribution is 2.41. The lowest BCUT2D eigenvalue weighted by molar-refractivity contribution is -0.142. The van der Waals surface area contributed by atoms with Gasteiger partial charge >= 0.3 is 5.97 Å². The lowest BCUT2D eigenvalue weighted by atomic mass is 9.84. The number of hydrogen-bond donors (Lipinski definition) is 1. The molecule has 2 aliphatic heterocycles. The van der Waals surface area contributed by atoms with Gasteiger partial charge in [-0.3, -0.25) is 9.69 Å². The van der Waals surface area contributed by atoms with Gasteiger partial charge in [0.25, 0.3) is 0 Å². The predicted molar refractivity (Wildman–Crippen MR) is 98.4 cm³/mol. The van der Waals surface area contributed by atoms with Crippen LogP contribution in [0.3, 0.4) is 0 Å². The Kier molecular flexibility index (Phi) is 4.69. The zero-order valence-corrected chi connectivity index (χ0v) is 15.4. The lowest BCUT2D eigenvalue weighted by Gasteiger charge is -2.34. The Balaban J connectivity index is 1.60. The van der Waals surface area contributed by atoms with Crippen LogP contribution in [0.25, 0.3) is 6.08 Å². The van der Waals surface area contributed by atoms with Crippen LogP contribution in [0.5, 0.6) is 5.75 Å². The molecule has 1 N–H and O–H groups in total. The van der Waals surface area contributed by atoms with E-state index in [2.05, 4.69) is 4.90 Å². The summed E-state index contributed by atoms with van der Waals surface area (Å²) in [7, 11) is 0. The molecule has 4 nitrogen and oxygen atoms in total. The van der Waals surface area contributed by atoms with Gasteiger partial charge in [-0.25, -0.2) is 0 Å². The first-order valence-electron chi connectivity index (χ1n) is 8.83. The van der Waals surface area contributed by atoms with Gasteiger partial charge in [-0.2, -0.15) is 0 Å². The van der Waals surface area contributed by atoms with Crippen LogP contribution in [0.4, 0.5) is 0 Å². The number of carboxylic acid groups (broad SMARTS) is 1. The number of carboxylic acids is 1. The molecule has 1 saturated heterocycles. The maximum Gasteiger partial charge on any atom is 0.320 e. The second kappa shape index (κ2) is 6.82. The largest absolute Gasteiger partial charge is 0.487 e. The molecule has 1 aromatic rings. The Morgan fingerprint density at radius 3 is 2.88 bits per heavy atom. The quantitative estimate of drug-likeness (QED) is 0.837. The van der Waals surface area contributed by atoms with Gasteiger partial charge in [0, 0.05) is 23.2 Å². The molecule has 3 unspecified atom stereocenters. The van der Waals surface area contributed by atoms with Gasteiger partial charge < -0.3 is 9.84 Å². The van der Waals surface area contributed by atoms with Crippen molar-refractivity contribution in [2.24, 2.45) is 5.92 Å². The number of ether oxygens (including phenoxy) is 1. The van der Waals surface area contributed by atoms with Crippen molar-refractivity contribution in [1.29, 1.82) is 0 Å². The summed E-state index contributed by atoms with van der Waals surface area (Å²) in [4.78, 5) is 13.9. The van der Waals surface area contributed by atoms with Gasteiger partial charge in [0.2, 0.25) is 0 Å². The van der Waals surface area contributed by atoms with Gasteiger partial charge in [0.1, 0.15) is 18.4 Å².